The van der Waals surface area contributed by atoms with Crippen molar-refractivity contribution in [3.63, 3.8) is 0 Å². The first-order chi connectivity index (χ1) is 15.9. The summed E-state index contributed by atoms with van der Waals surface area (Å²) < 4.78 is 12.6. The first-order valence-corrected chi connectivity index (χ1v) is 11.8. The minimum absolute atomic E-state index is 0.119. The van der Waals surface area contributed by atoms with Gasteiger partial charge in [-0.3, -0.25) is 14.2 Å². The lowest BCUT2D eigenvalue weighted by atomic mass is 9.78. The fourth-order valence-corrected chi connectivity index (χ4v) is 5.06. The Morgan fingerprint density at radius 3 is 2.82 bits per heavy atom. The molecule has 3 unspecified atom stereocenters. The predicted octanol–water partition coefficient (Wildman–Crippen LogP) is 4.39. The highest BCUT2D eigenvalue weighted by Crippen LogP contribution is 2.33. The van der Waals surface area contributed by atoms with E-state index in [1.807, 2.05) is 18.2 Å². The molecule has 1 saturated carbocycles. The van der Waals surface area contributed by atoms with Crippen LogP contribution in [0.3, 0.4) is 0 Å². The molecule has 2 heterocycles. The molecule has 1 aromatic heterocycles. The van der Waals surface area contributed by atoms with Gasteiger partial charge < -0.3 is 19.8 Å². The van der Waals surface area contributed by atoms with Crippen molar-refractivity contribution in [1.82, 2.24) is 14.9 Å². The number of rotatable bonds is 4. The van der Waals surface area contributed by atoms with E-state index in [4.69, 9.17) is 21.7 Å². The zero-order valence-corrected chi connectivity index (χ0v) is 19.5. The standard InChI is InChI=1S/C25H27N3O4S/c1-14-4-3-5-19(15(14)2)26-23(29)17-7-8-18-20(11-17)27-25(33)28(24(18)30)12-16-6-9-21-22(10-16)32-13-31-21/h6-11,14-15,19H,3-5,12-13H2,1-2H3,(H,26,29)(H,27,33). The lowest BCUT2D eigenvalue weighted by molar-refractivity contribution is 0.0891. The molecule has 1 aliphatic carbocycles. The van der Waals surface area contributed by atoms with Crippen molar-refractivity contribution in [3.8, 4) is 11.5 Å². The van der Waals surface area contributed by atoms with E-state index in [0.717, 1.165) is 18.4 Å². The summed E-state index contributed by atoms with van der Waals surface area (Å²) >= 11 is 5.48. The van der Waals surface area contributed by atoms with Gasteiger partial charge >= 0.3 is 0 Å². The number of nitrogens with zero attached hydrogens (tertiary/aromatic N) is 1. The van der Waals surface area contributed by atoms with Gasteiger partial charge in [0, 0.05) is 11.6 Å². The Labute approximate surface area is 196 Å². The van der Waals surface area contributed by atoms with Crippen molar-refractivity contribution < 1.29 is 14.3 Å². The monoisotopic (exact) mass is 465 g/mol. The molecule has 8 heteroatoms. The maximum Gasteiger partial charge on any atom is 0.262 e. The SMILES string of the molecule is CC1CCCC(NC(=O)c2ccc3c(=O)n(Cc4ccc5c(c4)OCO5)c(=S)[nH]c3c2)C1C. The Hall–Kier alpha value is -3.13. The van der Waals surface area contributed by atoms with Gasteiger partial charge in [-0.05, 0) is 66.4 Å². The Morgan fingerprint density at radius 2 is 1.97 bits per heavy atom. The molecule has 3 atom stereocenters. The summed E-state index contributed by atoms with van der Waals surface area (Å²) in [6, 6.07) is 10.9. The Morgan fingerprint density at radius 1 is 1.15 bits per heavy atom. The minimum Gasteiger partial charge on any atom is -0.454 e. The van der Waals surface area contributed by atoms with Crippen molar-refractivity contribution in [2.24, 2.45) is 11.8 Å². The highest BCUT2D eigenvalue weighted by atomic mass is 32.1. The molecule has 3 aromatic rings. The number of carbonyl (C=O) groups excluding carboxylic acids is 1. The van der Waals surface area contributed by atoms with Crippen LogP contribution >= 0.6 is 12.2 Å². The molecule has 0 bridgehead atoms. The van der Waals surface area contributed by atoms with Gasteiger partial charge in [0.15, 0.2) is 16.3 Å². The van der Waals surface area contributed by atoms with Gasteiger partial charge in [-0.15, -0.1) is 0 Å². The van der Waals surface area contributed by atoms with E-state index in [1.165, 1.54) is 11.0 Å². The van der Waals surface area contributed by atoms with E-state index < -0.39 is 0 Å². The van der Waals surface area contributed by atoms with Crippen LogP contribution in [0, 0.1) is 16.6 Å². The number of nitrogens with one attached hydrogen (secondary N) is 2. The number of H-pyrrole nitrogens is 1. The predicted molar refractivity (Wildman–Crippen MR) is 128 cm³/mol. The van der Waals surface area contributed by atoms with Crippen LogP contribution in [0.15, 0.2) is 41.2 Å². The molecular weight excluding hydrogens is 438 g/mol. The Bertz CT molecular complexity index is 1350. The summed E-state index contributed by atoms with van der Waals surface area (Å²) in [6.45, 7) is 4.95. The van der Waals surface area contributed by atoms with Crippen LogP contribution in [0.2, 0.25) is 0 Å². The maximum atomic E-state index is 13.2. The van der Waals surface area contributed by atoms with Crippen LogP contribution in [0.1, 0.15) is 49.0 Å². The molecule has 0 radical (unpaired) electrons. The van der Waals surface area contributed by atoms with Gasteiger partial charge in [0.1, 0.15) is 0 Å². The molecule has 1 aliphatic heterocycles. The summed E-state index contributed by atoms with van der Waals surface area (Å²) in [4.78, 5) is 29.2. The largest absolute Gasteiger partial charge is 0.454 e. The van der Waals surface area contributed by atoms with Crippen LogP contribution < -0.4 is 20.3 Å². The molecule has 2 N–H and O–H groups in total. The van der Waals surface area contributed by atoms with Crippen molar-refractivity contribution in [2.75, 3.05) is 6.79 Å². The van der Waals surface area contributed by atoms with Crippen LogP contribution in [0.25, 0.3) is 10.9 Å². The fraction of sp³-hybridized carbons (Fsp3) is 0.400. The molecule has 1 amide bonds. The van der Waals surface area contributed by atoms with Crippen LogP contribution in [-0.2, 0) is 6.54 Å². The summed E-state index contributed by atoms with van der Waals surface area (Å²) in [5, 5.41) is 3.68. The summed E-state index contributed by atoms with van der Waals surface area (Å²) in [5.41, 5.74) is 1.76. The van der Waals surface area contributed by atoms with Crippen LogP contribution in [-0.4, -0.2) is 28.3 Å². The lowest BCUT2D eigenvalue weighted by Gasteiger charge is -2.34. The van der Waals surface area contributed by atoms with E-state index in [9.17, 15) is 9.59 Å². The molecule has 0 saturated heterocycles. The topological polar surface area (TPSA) is 85.3 Å². The molecule has 1 fully saturated rings. The van der Waals surface area contributed by atoms with Gasteiger partial charge in [0.05, 0.1) is 17.4 Å². The minimum atomic E-state index is -0.201. The third kappa shape index (κ3) is 4.15. The van der Waals surface area contributed by atoms with E-state index in [-0.39, 0.29) is 24.3 Å². The van der Waals surface area contributed by atoms with Crippen LogP contribution in [0.5, 0.6) is 11.5 Å². The molecule has 5 rings (SSSR count). The summed E-state index contributed by atoms with van der Waals surface area (Å²) in [7, 11) is 0. The van der Waals surface area contributed by atoms with Crippen molar-refractivity contribution >= 4 is 29.0 Å². The van der Waals surface area contributed by atoms with Gasteiger partial charge in [0.2, 0.25) is 6.79 Å². The first-order valence-electron chi connectivity index (χ1n) is 11.4. The molecule has 172 valence electrons. The Balaban J connectivity index is 1.41. The van der Waals surface area contributed by atoms with Gasteiger partial charge in [0.25, 0.3) is 11.5 Å². The average Bonchev–Trinajstić information content (AvgIpc) is 3.27. The van der Waals surface area contributed by atoms with E-state index in [0.29, 0.717) is 51.1 Å². The number of hydrogen-bond donors (Lipinski definition) is 2. The van der Waals surface area contributed by atoms with Crippen molar-refractivity contribution in [3.05, 3.63) is 62.6 Å². The third-order valence-corrected chi connectivity index (χ3v) is 7.37. The van der Waals surface area contributed by atoms with E-state index in [2.05, 4.69) is 24.1 Å². The third-order valence-electron chi connectivity index (χ3n) is 7.05. The number of aromatic amines is 1. The van der Waals surface area contributed by atoms with E-state index >= 15 is 0 Å². The first kappa shape index (κ1) is 21.7. The van der Waals surface area contributed by atoms with Gasteiger partial charge in [-0.1, -0.05) is 32.8 Å². The highest BCUT2D eigenvalue weighted by molar-refractivity contribution is 7.71. The maximum absolute atomic E-state index is 13.2. The lowest BCUT2D eigenvalue weighted by Crippen LogP contribution is -2.43. The van der Waals surface area contributed by atoms with Gasteiger partial charge in [-0.25, -0.2) is 0 Å². The normalized spacial score (nSPS) is 21.8. The second kappa shape index (κ2) is 8.67. The summed E-state index contributed by atoms with van der Waals surface area (Å²) in [5.74, 6) is 2.27. The number of carbonyl (C=O) groups is 1. The fourth-order valence-electron chi connectivity index (χ4n) is 4.80. The number of ether oxygens (including phenoxy) is 2. The second-order valence-electron chi connectivity index (χ2n) is 9.12. The smallest absolute Gasteiger partial charge is 0.262 e. The Kier molecular flexibility index (Phi) is 5.70. The zero-order valence-electron chi connectivity index (χ0n) is 18.7. The molecular formula is C25H27N3O4S. The second-order valence-corrected chi connectivity index (χ2v) is 9.50. The highest BCUT2D eigenvalue weighted by Gasteiger charge is 2.28. The number of hydrogen-bond acceptors (Lipinski definition) is 5. The molecule has 0 spiro atoms. The van der Waals surface area contributed by atoms with Crippen molar-refractivity contribution in [2.45, 2.75) is 45.7 Å². The quantitative estimate of drug-likeness (QED) is 0.558. The summed E-state index contributed by atoms with van der Waals surface area (Å²) in [6.07, 6.45) is 3.33. The molecule has 2 aliphatic rings. The van der Waals surface area contributed by atoms with Crippen LogP contribution in [0.4, 0.5) is 0 Å². The van der Waals surface area contributed by atoms with E-state index in [1.54, 1.807) is 18.2 Å². The number of aromatic nitrogens is 2. The average molecular weight is 466 g/mol. The number of benzene rings is 2. The van der Waals surface area contributed by atoms with Crippen molar-refractivity contribution in [1.29, 1.82) is 0 Å². The number of amides is 1. The number of fused-ring (bicyclic) bond motifs is 2. The molecule has 7 nitrogen and oxygen atoms in total. The van der Waals surface area contributed by atoms with Gasteiger partial charge in [-0.2, -0.15) is 0 Å². The molecule has 2 aromatic carbocycles. The molecule has 33 heavy (non-hydrogen) atoms. The zero-order chi connectivity index (χ0) is 23.1.